The molecule has 4 heteroatoms. The maximum absolute atomic E-state index is 12.4. The second-order valence-electron chi connectivity index (χ2n) is 6.20. The molecule has 0 spiro atoms. The number of ether oxygens (including phenoxy) is 2. The molecule has 0 heterocycles. The Morgan fingerprint density at radius 1 is 0.960 bits per heavy atom. The van der Waals surface area contributed by atoms with Crippen LogP contribution in [-0.2, 0) is 11.2 Å². The Hall–Kier alpha value is -2.49. The van der Waals surface area contributed by atoms with E-state index in [4.69, 9.17) is 9.47 Å². The van der Waals surface area contributed by atoms with Crippen LogP contribution in [0, 0.1) is 5.92 Å². The number of amides is 1. The van der Waals surface area contributed by atoms with Gasteiger partial charge in [0.15, 0.2) is 0 Å². The van der Waals surface area contributed by atoms with Crippen molar-refractivity contribution in [3.8, 4) is 11.5 Å². The summed E-state index contributed by atoms with van der Waals surface area (Å²) >= 11 is 0. The standard InChI is InChI=1S/C21H27NO3/c1-5-15(2)21(23)22-20(17-8-12-19(25-4)13-9-17)14-16-6-10-18(24-3)11-7-16/h6-13,15,20H,5,14H2,1-4H3,(H,22,23)/t15-,20+/m0/s1. The quantitative estimate of drug-likeness (QED) is 0.784. The van der Waals surface area contributed by atoms with Crippen molar-refractivity contribution in [3.05, 3.63) is 59.7 Å². The second-order valence-corrected chi connectivity index (χ2v) is 6.20. The smallest absolute Gasteiger partial charge is 0.223 e. The zero-order valence-corrected chi connectivity index (χ0v) is 15.4. The van der Waals surface area contributed by atoms with Crippen LogP contribution in [0.1, 0.15) is 37.4 Å². The van der Waals surface area contributed by atoms with Gasteiger partial charge in [0.25, 0.3) is 0 Å². The Bertz CT molecular complexity index is 665. The summed E-state index contributed by atoms with van der Waals surface area (Å²) in [5.74, 6) is 1.71. The van der Waals surface area contributed by atoms with E-state index in [1.807, 2.05) is 62.4 Å². The van der Waals surface area contributed by atoms with E-state index in [0.717, 1.165) is 35.5 Å². The first-order valence-electron chi connectivity index (χ1n) is 8.64. The molecule has 2 rings (SSSR count). The minimum atomic E-state index is -0.0826. The van der Waals surface area contributed by atoms with Gasteiger partial charge in [0.1, 0.15) is 11.5 Å². The van der Waals surface area contributed by atoms with E-state index >= 15 is 0 Å². The van der Waals surface area contributed by atoms with Gasteiger partial charge in [0.2, 0.25) is 5.91 Å². The molecule has 25 heavy (non-hydrogen) atoms. The van der Waals surface area contributed by atoms with Crippen LogP contribution >= 0.6 is 0 Å². The lowest BCUT2D eigenvalue weighted by Gasteiger charge is -2.22. The van der Waals surface area contributed by atoms with E-state index in [0.29, 0.717) is 0 Å². The number of benzene rings is 2. The molecule has 0 fully saturated rings. The van der Waals surface area contributed by atoms with Gasteiger partial charge in [0.05, 0.1) is 20.3 Å². The van der Waals surface area contributed by atoms with Gasteiger partial charge in [-0.05, 0) is 48.2 Å². The van der Waals surface area contributed by atoms with Crippen molar-refractivity contribution >= 4 is 5.91 Å². The highest BCUT2D eigenvalue weighted by atomic mass is 16.5. The first-order chi connectivity index (χ1) is 12.1. The lowest BCUT2D eigenvalue weighted by molar-refractivity contribution is -0.125. The molecular formula is C21H27NO3. The molecule has 0 unspecified atom stereocenters. The van der Waals surface area contributed by atoms with Crippen LogP contribution in [-0.4, -0.2) is 20.1 Å². The minimum Gasteiger partial charge on any atom is -0.497 e. The van der Waals surface area contributed by atoms with E-state index in [2.05, 4.69) is 5.32 Å². The lowest BCUT2D eigenvalue weighted by atomic mass is 9.97. The fraction of sp³-hybridized carbons (Fsp3) is 0.381. The van der Waals surface area contributed by atoms with Crippen LogP contribution in [0.25, 0.3) is 0 Å². The molecule has 0 bridgehead atoms. The van der Waals surface area contributed by atoms with Gasteiger partial charge >= 0.3 is 0 Å². The maximum Gasteiger partial charge on any atom is 0.223 e. The van der Waals surface area contributed by atoms with Gasteiger partial charge in [-0.25, -0.2) is 0 Å². The summed E-state index contributed by atoms with van der Waals surface area (Å²) in [5, 5.41) is 3.19. The monoisotopic (exact) mass is 341 g/mol. The van der Waals surface area contributed by atoms with Crippen molar-refractivity contribution in [2.24, 2.45) is 5.92 Å². The van der Waals surface area contributed by atoms with E-state index in [1.54, 1.807) is 14.2 Å². The van der Waals surface area contributed by atoms with Crippen LogP contribution in [0.5, 0.6) is 11.5 Å². The molecule has 134 valence electrons. The summed E-state index contributed by atoms with van der Waals surface area (Å²) in [6.45, 7) is 3.98. The van der Waals surface area contributed by atoms with Crippen LogP contribution in [0.4, 0.5) is 0 Å². The highest BCUT2D eigenvalue weighted by Gasteiger charge is 2.18. The van der Waals surface area contributed by atoms with Crippen LogP contribution in [0.3, 0.4) is 0 Å². The van der Waals surface area contributed by atoms with E-state index in [1.165, 1.54) is 0 Å². The third-order valence-electron chi connectivity index (χ3n) is 4.49. The number of methoxy groups -OCH3 is 2. The van der Waals surface area contributed by atoms with Crippen molar-refractivity contribution in [2.75, 3.05) is 14.2 Å². The van der Waals surface area contributed by atoms with Crippen LogP contribution in [0.2, 0.25) is 0 Å². The van der Waals surface area contributed by atoms with Gasteiger partial charge in [-0.15, -0.1) is 0 Å². The Morgan fingerprint density at radius 2 is 1.48 bits per heavy atom. The maximum atomic E-state index is 12.4. The van der Waals surface area contributed by atoms with Crippen molar-refractivity contribution in [2.45, 2.75) is 32.7 Å². The summed E-state index contributed by atoms with van der Waals surface area (Å²) in [7, 11) is 3.30. The fourth-order valence-corrected chi connectivity index (χ4v) is 2.59. The van der Waals surface area contributed by atoms with Crippen molar-refractivity contribution in [1.29, 1.82) is 0 Å². The largest absolute Gasteiger partial charge is 0.497 e. The fourth-order valence-electron chi connectivity index (χ4n) is 2.59. The summed E-state index contributed by atoms with van der Waals surface area (Å²) < 4.78 is 10.4. The number of hydrogen-bond acceptors (Lipinski definition) is 3. The molecule has 2 aromatic rings. The van der Waals surface area contributed by atoms with Crippen LogP contribution in [0.15, 0.2) is 48.5 Å². The van der Waals surface area contributed by atoms with Crippen LogP contribution < -0.4 is 14.8 Å². The summed E-state index contributed by atoms with van der Waals surface area (Å²) in [6.07, 6.45) is 1.54. The minimum absolute atomic E-state index is 0.00313. The molecule has 1 amide bonds. The molecule has 2 aromatic carbocycles. The molecule has 0 saturated carbocycles. The zero-order valence-electron chi connectivity index (χ0n) is 15.4. The molecule has 0 saturated heterocycles. The van der Waals surface area contributed by atoms with Crippen molar-refractivity contribution < 1.29 is 14.3 Å². The van der Waals surface area contributed by atoms with E-state index in [-0.39, 0.29) is 17.9 Å². The number of rotatable bonds is 8. The molecule has 0 aliphatic heterocycles. The number of carbonyl (C=O) groups excluding carboxylic acids is 1. The Morgan fingerprint density at radius 3 is 1.96 bits per heavy atom. The highest BCUT2D eigenvalue weighted by molar-refractivity contribution is 5.78. The highest BCUT2D eigenvalue weighted by Crippen LogP contribution is 2.23. The number of hydrogen-bond donors (Lipinski definition) is 1. The first kappa shape index (κ1) is 18.8. The number of nitrogens with one attached hydrogen (secondary N) is 1. The predicted molar refractivity (Wildman–Crippen MR) is 100 cm³/mol. The predicted octanol–water partition coefficient (Wildman–Crippen LogP) is 4.15. The van der Waals surface area contributed by atoms with E-state index < -0.39 is 0 Å². The Kier molecular flexibility index (Phi) is 6.87. The molecule has 1 N–H and O–H groups in total. The third-order valence-corrected chi connectivity index (χ3v) is 4.49. The summed E-state index contributed by atoms with van der Waals surface area (Å²) in [6, 6.07) is 15.7. The normalized spacial score (nSPS) is 13.0. The average Bonchev–Trinajstić information content (AvgIpc) is 2.67. The molecule has 2 atom stereocenters. The summed E-state index contributed by atoms with van der Waals surface area (Å²) in [4.78, 5) is 12.4. The molecule has 0 aromatic heterocycles. The van der Waals surface area contributed by atoms with Gasteiger partial charge in [-0.2, -0.15) is 0 Å². The second kappa shape index (κ2) is 9.11. The molecular weight excluding hydrogens is 314 g/mol. The average molecular weight is 341 g/mol. The lowest BCUT2D eigenvalue weighted by Crippen LogP contribution is -2.33. The number of carbonyl (C=O) groups is 1. The van der Waals surface area contributed by atoms with Crippen molar-refractivity contribution in [3.63, 3.8) is 0 Å². The third kappa shape index (κ3) is 5.24. The molecule has 0 radical (unpaired) electrons. The SMILES string of the molecule is CC[C@H](C)C(=O)N[C@H](Cc1ccc(OC)cc1)c1ccc(OC)cc1. The van der Waals surface area contributed by atoms with Crippen molar-refractivity contribution in [1.82, 2.24) is 5.32 Å². The topological polar surface area (TPSA) is 47.6 Å². The first-order valence-corrected chi connectivity index (χ1v) is 8.64. The van der Waals surface area contributed by atoms with Gasteiger partial charge in [-0.1, -0.05) is 38.1 Å². The molecule has 0 aliphatic carbocycles. The van der Waals surface area contributed by atoms with Gasteiger partial charge in [-0.3, -0.25) is 4.79 Å². The Balaban J connectivity index is 2.21. The summed E-state index contributed by atoms with van der Waals surface area (Å²) in [5.41, 5.74) is 2.21. The van der Waals surface area contributed by atoms with Gasteiger partial charge < -0.3 is 14.8 Å². The molecule has 0 aliphatic rings. The zero-order chi connectivity index (χ0) is 18.2. The molecule has 4 nitrogen and oxygen atoms in total. The van der Waals surface area contributed by atoms with E-state index in [9.17, 15) is 4.79 Å². The van der Waals surface area contributed by atoms with Gasteiger partial charge in [0, 0.05) is 5.92 Å². The Labute approximate surface area is 150 Å².